The second-order valence-electron chi connectivity index (χ2n) is 6.34. The maximum atomic E-state index is 5.90. The molecule has 2 aromatic rings. The number of likely N-dealkylation sites (tertiary alicyclic amines) is 1. The van der Waals surface area contributed by atoms with Gasteiger partial charge in [0, 0.05) is 45.0 Å². The van der Waals surface area contributed by atoms with Gasteiger partial charge in [0.15, 0.2) is 5.96 Å². The molecule has 0 spiro atoms. The van der Waals surface area contributed by atoms with E-state index in [-0.39, 0.29) is 0 Å². The standard InChI is InChI=1S/C19H27N5O/c1-20-19(21-10-13-24-11-5-9-22-24)23-12-8-18(14-23)16-25-15-17-6-3-2-4-7-17/h2-7,9,11,18H,8,10,12-16H2,1H3,(H,20,21). The van der Waals surface area contributed by atoms with Gasteiger partial charge in [0.2, 0.25) is 0 Å². The molecule has 1 atom stereocenters. The lowest BCUT2D eigenvalue weighted by molar-refractivity contribution is 0.0907. The summed E-state index contributed by atoms with van der Waals surface area (Å²) in [6.07, 6.45) is 4.92. The zero-order valence-electron chi connectivity index (χ0n) is 14.8. The SMILES string of the molecule is CN=C(NCCn1cccn1)N1CCC(COCc2ccccc2)C1. The van der Waals surface area contributed by atoms with E-state index in [4.69, 9.17) is 4.74 Å². The van der Waals surface area contributed by atoms with Crippen LogP contribution in [0.25, 0.3) is 0 Å². The molecule has 3 rings (SSSR count). The average molecular weight is 341 g/mol. The smallest absolute Gasteiger partial charge is 0.193 e. The number of hydrogen-bond acceptors (Lipinski definition) is 3. The fraction of sp³-hybridized carbons (Fsp3) is 0.474. The van der Waals surface area contributed by atoms with E-state index in [1.165, 1.54) is 5.56 Å². The Morgan fingerprint density at radius 2 is 2.20 bits per heavy atom. The molecule has 1 saturated heterocycles. The summed E-state index contributed by atoms with van der Waals surface area (Å²) in [7, 11) is 1.84. The predicted molar refractivity (Wildman–Crippen MR) is 99.4 cm³/mol. The van der Waals surface area contributed by atoms with Crippen molar-refractivity contribution in [2.75, 3.05) is 33.3 Å². The van der Waals surface area contributed by atoms with E-state index in [1.54, 1.807) is 6.20 Å². The Hall–Kier alpha value is -2.34. The fourth-order valence-electron chi connectivity index (χ4n) is 3.13. The maximum absolute atomic E-state index is 5.90. The summed E-state index contributed by atoms with van der Waals surface area (Å²) in [4.78, 5) is 6.73. The van der Waals surface area contributed by atoms with Gasteiger partial charge in [-0.25, -0.2) is 0 Å². The topological polar surface area (TPSA) is 54.7 Å². The summed E-state index contributed by atoms with van der Waals surface area (Å²) >= 11 is 0. The molecule has 0 radical (unpaired) electrons. The zero-order valence-corrected chi connectivity index (χ0v) is 14.8. The number of nitrogens with zero attached hydrogens (tertiary/aromatic N) is 4. The molecular weight excluding hydrogens is 314 g/mol. The number of rotatable bonds is 7. The molecule has 2 heterocycles. The maximum Gasteiger partial charge on any atom is 0.193 e. The second-order valence-corrected chi connectivity index (χ2v) is 6.34. The van der Waals surface area contributed by atoms with Crippen LogP contribution in [0.2, 0.25) is 0 Å². The van der Waals surface area contributed by atoms with Gasteiger partial charge in [-0.05, 0) is 18.1 Å². The minimum atomic E-state index is 0.563. The van der Waals surface area contributed by atoms with Gasteiger partial charge in [-0.2, -0.15) is 5.10 Å². The van der Waals surface area contributed by atoms with Crippen molar-refractivity contribution in [3.8, 4) is 0 Å². The molecule has 134 valence electrons. The van der Waals surface area contributed by atoms with Crippen molar-refractivity contribution in [3.05, 3.63) is 54.4 Å². The van der Waals surface area contributed by atoms with Crippen molar-refractivity contribution < 1.29 is 4.74 Å². The number of ether oxygens (including phenoxy) is 1. The van der Waals surface area contributed by atoms with Crippen molar-refractivity contribution in [2.45, 2.75) is 19.6 Å². The van der Waals surface area contributed by atoms with Crippen molar-refractivity contribution in [2.24, 2.45) is 10.9 Å². The van der Waals surface area contributed by atoms with Gasteiger partial charge < -0.3 is 15.0 Å². The van der Waals surface area contributed by atoms with Crippen LogP contribution in [0.4, 0.5) is 0 Å². The molecule has 6 nitrogen and oxygen atoms in total. The molecule has 1 aromatic carbocycles. The van der Waals surface area contributed by atoms with E-state index in [2.05, 4.69) is 44.6 Å². The van der Waals surface area contributed by atoms with Crippen LogP contribution in [-0.4, -0.2) is 53.9 Å². The van der Waals surface area contributed by atoms with Gasteiger partial charge in [-0.15, -0.1) is 0 Å². The Balaban J connectivity index is 1.37. The van der Waals surface area contributed by atoms with Crippen LogP contribution in [0, 0.1) is 5.92 Å². The second kappa shape index (κ2) is 9.22. The molecular formula is C19H27N5O. The monoisotopic (exact) mass is 341 g/mol. The van der Waals surface area contributed by atoms with Gasteiger partial charge in [0.05, 0.1) is 19.8 Å². The summed E-state index contributed by atoms with van der Waals surface area (Å²) in [5.41, 5.74) is 1.23. The average Bonchev–Trinajstić information content (AvgIpc) is 3.32. The van der Waals surface area contributed by atoms with Crippen LogP contribution < -0.4 is 5.32 Å². The number of nitrogens with one attached hydrogen (secondary N) is 1. The quantitative estimate of drug-likeness (QED) is 0.618. The minimum absolute atomic E-state index is 0.563. The van der Waals surface area contributed by atoms with E-state index < -0.39 is 0 Å². The largest absolute Gasteiger partial charge is 0.376 e. The van der Waals surface area contributed by atoms with Crippen LogP contribution in [-0.2, 0) is 17.9 Å². The highest BCUT2D eigenvalue weighted by molar-refractivity contribution is 5.80. The van der Waals surface area contributed by atoms with Gasteiger partial charge in [0.25, 0.3) is 0 Å². The van der Waals surface area contributed by atoms with E-state index in [9.17, 15) is 0 Å². The van der Waals surface area contributed by atoms with Crippen LogP contribution in [0.3, 0.4) is 0 Å². The first-order chi connectivity index (χ1) is 12.3. The lowest BCUT2D eigenvalue weighted by atomic mass is 10.1. The fourth-order valence-corrected chi connectivity index (χ4v) is 3.13. The van der Waals surface area contributed by atoms with Gasteiger partial charge >= 0.3 is 0 Å². The third-order valence-corrected chi connectivity index (χ3v) is 4.45. The Morgan fingerprint density at radius 3 is 2.96 bits per heavy atom. The third-order valence-electron chi connectivity index (χ3n) is 4.45. The number of hydrogen-bond donors (Lipinski definition) is 1. The first kappa shape index (κ1) is 17.5. The summed E-state index contributed by atoms with van der Waals surface area (Å²) in [6.45, 7) is 5.17. The van der Waals surface area contributed by atoms with Crippen LogP contribution in [0.15, 0.2) is 53.8 Å². The number of guanidine groups is 1. The molecule has 0 amide bonds. The molecule has 1 N–H and O–H groups in total. The Bertz CT molecular complexity index is 641. The zero-order chi connectivity index (χ0) is 17.3. The molecule has 6 heteroatoms. The third kappa shape index (κ3) is 5.32. The highest BCUT2D eigenvalue weighted by atomic mass is 16.5. The molecule has 25 heavy (non-hydrogen) atoms. The summed E-state index contributed by atoms with van der Waals surface area (Å²) < 4.78 is 7.82. The van der Waals surface area contributed by atoms with Crippen molar-refractivity contribution in [3.63, 3.8) is 0 Å². The van der Waals surface area contributed by atoms with Crippen molar-refractivity contribution in [1.29, 1.82) is 0 Å². The molecule has 1 aliphatic rings. The van der Waals surface area contributed by atoms with E-state index in [1.807, 2.05) is 30.1 Å². The molecule has 1 unspecified atom stereocenters. The number of aromatic nitrogens is 2. The number of benzene rings is 1. The van der Waals surface area contributed by atoms with Crippen molar-refractivity contribution >= 4 is 5.96 Å². The normalized spacial score (nSPS) is 17.9. The Kier molecular flexibility index (Phi) is 6.45. The molecule has 1 aliphatic heterocycles. The Labute approximate surface area is 149 Å². The Morgan fingerprint density at radius 1 is 1.32 bits per heavy atom. The summed E-state index contributed by atoms with van der Waals surface area (Å²) in [6, 6.07) is 12.3. The highest BCUT2D eigenvalue weighted by Gasteiger charge is 2.24. The van der Waals surface area contributed by atoms with E-state index >= 15 is 0 Å². The first-order valence-electron chi connectivity index (χ1n) is 8.90. The molecule has 0 aliphatic carbocycles. The minimum Gasteiger partial charge on any atom is -0.376 e. The van der Waals surface area contributed by atoms with E-state index in [0.29, 0.717) is 12.5 Å². The van der Waals surface area contributed by atoms with E-state index in [0.717, 1.165) is 45.2 Å². The van der Waals surface area contributed by atoms with Gasteiger partial charge in [-0.1, -0.05) is 30.3 Å². The highest BCUT2D eigenvalue weighted by Crippen LogP contribution is 2.17. The first-order valence-corrected chi connectivity index (χ1v) is 8.90. The van der Waals surface area contributed by atoms with Crippen LogP contribution in [0.1, 0.15) is 12.0 Å². The van der Waals surface area contributed by atoms with Gasteiger partial charge in [-0.3, -0.25) is 9.67 Å². The molecule has 1 aromatic heterocycles. The summed E-state index contributed by atoms with van der Waals surface area (Å²) in [5.74, 6) is 1.53. The molecule has 0 bridgehead atoms. The van der Waals surface area contributed by atoms with Crippen LogP contribution >= 0.6 is 0 Å². The van der Waals surface area contributed by atoms with Crippen molar-refractivity contribution in [1.82, 2.24) is 20.0 Å². The lowest BCUT2D eigenvalue weighted by Gasteiger charge is -2.21. The predicted octanol–water partition coefficient (Wildman–Crippen LogP) is 2.00. The summed E-state index contributed by atoms with van der Waals surface area (Å²) in [5, 5.41) is 7.64. The van der Waals surface area contributed by atoms with Crippen LogP contribution in [0.5, 0.6) is 0 Å². The molecule has 1 fully saturated rings. The lowest BCUT2D eigenvalue weighted by Crippen LogP contribution is -2.41. The molecule has 0 saturated carbocycles. The van der Waals surface area contributed by atoms with Gasteiger partial charge in [0.1, 0.15) is 0 Å². The number of aliphatic imine (C=N–C) groups is 1.